The molecule has 2 fully saturated rings. The van der Waals surface area contributed by atoms with E-state index in [1.165, 1.54) is 6.92 Å². The summed E-state index contributed by atoms with van der Waals surface area (Å²) in [6.07, 6.45) is 2.65. The second-order valence-electron chi connectivity index (χ2n) is 3.90. The second kappa shape index (κ2) is 2.73. The van der Waals surface area contributed by atoms with Crippen molar-refractivity contribution in [3.8, 4) is 0 Å². The number of aliphatic hydroxyl groups excluding tert-OH is 1. The zero-order valence-electron chi connectivity index (χ0n) is 7.19. The monoisotopic (exact) mass is 170 g/mol. The number of carbonyl (C=O) groups excluding carboxylic acids is 1. The van der Waals surface area contributed by atoms with E-state index in [4.69, 9.17) is 4.74 Å². The van der Waals surface area contributed by atoms with Crippen LogP contribution in [0.25, 0.3) is 0 Å². The van der Waals surface area contributed by atoms with Gasteiger partial charge in [0.1, 0.15) is 6.10 Å². The number of aliphatic hydroxyl groups is 1. The van der Waals surface area contributed by atoms with Crippen molar-refractivity contribution >= 4 is 5.97 Å². The Balaban J connectivity index is 2.02. The quantitative estimate of drug-likeness (QED) is 0.589. The first-order valence-corrected chi connectivity index (χ1v) is 4.54. The minimum absolute atomic E-state index is 0.207. The molecule has 2 aliphatic carbocycles. The van der Waals surface area contributed by atoms with Crippen LogP contribution in [0.15, 0.2) is 0 Å². The van der Waals surface area contributed by atoms with Crippen LogP contribution in [0.3, 0.4) is 0 Å². The average Bonchev–Trinajstić information content (AvgIpc) is 2.53. The van der Waals surface area contributed by atoms with Crippen molar-refractivity contribution < 1.29 is 14.6 Å². The van der Waals surface area contributed by atoms with Gasteiger partial charge in [-0.05, 0) is 31.1 Å². The van der Waals surface area contributed by atoms with Crippen LogP contribution < -0.4 is 0 Å². The zero-order valence-corrected chi connectivity index (χ0v) is 7.19. The van der Waals surface area contributed by atoms with Crippen LogP contribution in [0.2, 0.25) is 0 Å². The van der Waals surface area contributed by atoms with Crippen LogP contribution in [-0.2, 0) is 9.53 Å². The van der Waals surface area contributed by atoms with Gasteiger partial charge in [-0.25, -0.2) is 0 Å². The normalized spacial score (nSPS) is 44.8. The minimum atomic E-state index is -0.396. The number of rotatable bonds is 1. The molecule has 68 valence electrons. The highest BCUT2D eigenvalue weighted by Gasteiger charge is 2.48. The number of esters is 1. The maximum absolute atomic E-state index is 10.7. The van der Waals surface area contributed by atoms with E-state index in [2.05, 4.69) is 0 Å². The number of ether oxygens (including phenoxy) is 1. The lowest BCUT2D eigenvalue weighted by Crippen LogP contribution is -2.35. The number of hydrogen-bond acceptors (Lipinski definition) is 3. The van der Waals surface area contributed by atoms with E-state index in [1.807, 2.05) is 0 Å². The Morgan fingerprint density at radius 3 is 2.58 bits per heavy atom. The third-order valence-electron chi connectivity index (χ3n) is 3.10. The predicted octanol–water partition coefficient (Wildman–Crippen LogP) is 0.709. The van der Waals surface area contributed by atoms with Crippen molar-refractivity contribution in [2.45, 2.75) is 38.4 Å². The lowest BCUT2D eigenvalue weighted by molar-refractivity contribution is -0.155. The molecule has 12 heavy (non-hydrogen) atoms. The Hall–Kier alpha value is -0.570. The number of fused-ring (bicyclic) bond motifs is 2. The molecule has 0 aliphatic heterocycles. The van der Waals surface area contributed by atoms with E-state index in [1.54, 1.807) is 0 Å². The first kappa shape index (κ1) is 8.05. The first-order valence-electron chi connectivity index (χ1n) is 4.54. The standard InChI is InChI=1S/C9H14O3/c1-5(10)12-9-7-3-2-6(4-7)8(9)11/h6-9,11H,2-4H2,1H3/t6-,7+,8+,9+/m1/s1. The van der Waals surface area contributed by atoms with Gasteiger partial charge < -0.3 is 9.84 Å². The van der Waals surface area contributed by atoms with Gasteiger partial charge in [0, 0.05) is 6.92 Å². The Labute approximate surface area is 71.7 Å². The highest BCUT2D eigenvalue weighted by Crippen LogP contribution is 2.45. The third kappa shape index (κ3) is 1.12. The Kier molecular flexibility index (Phi) is 1.83. The molecule has 0 aromatic rings. The minimum Gasteiger partial charge on any atom is -0.459 e. The van der Waals surface area contributed by atoms with Gasteiger partial charge in [-0.3, -0.25) is 4.79 Å². The molecular formula is C9H14O3. The SMILES string of the molecule is CC(=O)O[C@H]1[C@H]2CC[C@H](C2)[C@@H]1O. The highest BCUT2D eigenvalue weighted by molar-refractivity contribution is 5.66. The number of hydrogen-bond donors (Lipinski definition) is 1. The molecule has 4 atom stereocenters. The van der Waals surface area contributed by atoms with Crippen LogP contribution in [-0.4, -0.2) is 23.3 Å². The van der Waals surface area contributed by atoms with Crippen molar-refractivity contribution in [2.24, 2.45) is 11.8 Å². The summed E-state index contributed by atoms with van der Waals surface area (Å²) in [6.45, 7) is 1.40. The molecular weight excluding hydrogens is 156 g/mol. The predicted molar refractivity (Wildman–Crippen MR) is 42.4 cm³/mol. The van der Waals surface area contributed by atoms with E-state index < -0.39 is 6.10 Å². The van der Waals surface area contributed by atoms with E-state index in [0.717, 1.165) is 19.3 Å². The maximum Gasteiger partial charge on any atom is 0.303 e. The van der Waals surface area contributed by atoms with E-state index in [9.17, 15) is 9.90 Å². The Morgan fingerprint density at radius 1 is 1.42 bits per heavy atom. The van der Waals surface area contributed by atoms with Gasteiger partial charge >= 0.3 is 5.97 Å². The van der Waals surface area contributed by atoms with Gasteiger partial charge in [0.05, 0.1) is 6.10 Å². The lowest BCUT2D eigenvalue weighted by atomic mass is 9.95. The fourth-order valence-corrected chi connectivity index (χ4v) is 2.57. The molecule has 0 aromatic carbocycles. The molecule has 3 nitrogen and oxygen atoms in total. The fourth-order valence-electron chi connectivity index (χ4n) is 2.57. The summed E-state index contributed by atoms with van der Waals surface area (Å²) in [5.74, 6) is 0.542. The third-order valence-corrected chi connectivity index (χ3v) is 3.10. The molecule has 2 rings (SSSR count). The zero-order chi connectivity index (χ0) is 8.72. The molecule has 2 aliphatic rings. The summed E-state index contributed by atoms with van der Waals surface area (Å²) < 4.78 is 5.07. The summed E-state index contributed by atoms with van der Waals surface area (Å²) in [7, 11) is 0. The molecule has 3 heteroatoms. The van der Waals surface area contributed by atoms with Crippen molar-refractivity contribution in [1.82, 2.24) is 0 Å². The van der Waals surface area contributed by atoms with Gasteiger partial charge in [-0.1, -0.05) is 0 Å². The second-order valence-corrected chi connectivity index (χ2v) is 3.90. The van der Waals surface area contributed by atoms with Crippen molar-refractivity contribution in [3.63, 3.8) is 0 Å². The van der Waals surface area contributed by atoms with Crippen LogP contribution in [0.4, 0.5) is 0 Å². The van der Waals surface area contributed by atoms with Gasteiger partial charge in [0.25, 0.3) is 0 Å². The molecule has 2 saturated carbocycles. The first-order chi connectivity index (χ1) is 5.68. The number of carbonyl (C=O) groups is 1. The lowest BCUT2D eigenvalue weighted by Gasteiger charge is -2.26. The topological polar surface area (TPSA) is 46.5 Å². The fraction of sp³-hybridized carbons (Fsp3) is 0.889. The van der Waals surface area contributed by atoms with Gasteiger partial charge in [-0.15, -0.1) is 0 Å². The highest BCUT2D eigenvalue weighted by atomic mass is 16.6. The molecule has 0 radical (unpaired) electrons. The van der Waals surface area contributed by atoms with Crippen LogP contribution >= 0.6 is 0 Å². The van der Waals surface area contributed by atoms with E-state index >= 15 is 0 Å². The van der Waals surface area contributed by atoms with E-state index in [-0.39, 0.29) is 12.1 Å². The van der Waals surface area contributed by atoms with Crippen molar-refractivity contribution in [1.29, 1.82) is 0 Å². The smallest absolute Gasteiger partial charge is 0.303 e. The van der Waals surface area contributed by atoms with Gasteiger partial charge in [-0.2, -0.15) is 0 Å². The summed E-state index contributed by atoms with van der Waals surface area (Å²) in [5, 5.41) is 9.65. The average molecular weight is 170 g/mol. The van der Waals surface area contributed by atoms with Crippen LogP contribution in [0, 0.1) is 11.8 Å². The summed E-state index contributed by atoms with van der Waals surface area (Å²) in [4.78, 5) is 10.7. The summed E-state index contributed by atoms with van der Waals surface area (Å²) in [5.41, 5.74) is 0. The molecule has 0 spiro atoms. The van der Waals surface area contributed by atoms with E-state index in [0.29, 0.717) is 11.8 Å². The summed E-state index contributed by atoms with van der Waals surface area (Å²) >= 11 is 0. The molecule has 0 heterocycles. The Bertz CT molecular complexity index is 200. The van der Waals surface area contributed by atoms with Gasteiger partial charge in [0.2, 0.25) is 0 Å². The van der Waals surface area contributed by atoms with Crippen LogP contribution in [0.5, 0.6) is 0 Å². The van der Waals surface area contributed by atoms with Crippen LogP contribution in [0.1, 0.15) is 26.2 Å². The molecule has 0 unspecified atom stereocenters. The molecule has 0 amide bonds. The van der Waals surface area contributed by atoms with Crippen molar-refractivity contribution in [2.75, 3.05) is 0 Å². The maximum atomic E-state index is 10.7. The molecule has 1 N–H and O–H groups in total. The largest absolute Gasteiger partial charge is 0.459 e. The summed E-state index contributed by atoms with van der Waals surface area (Å²) in [6, 6.07) is 0. The Morgan fingerprint density at radius 2 is 2.08 bits per heavy atom. The molecule has 0 saturated heterocycles. The molecule has 0 aromatic heterocycles. The van der Waals surface area contributed by atoms with Gasteiger partial charge in [0.15, 0.2) is 0 Å². The van der Waals surface area contributed by atoms with Crippen molar-refractivity contribution in [3.05, 3.63) is 0 Å². The molecule has 2 bridgehead atoms.